The zero-order valence-electron chi connectivity index (χ0n) is 11.4. The van der Waals surface area contributed by atoms with E-state index in [0.717, 1.165) is 0 Å². The Morgan fingerprint density at radius 3 is 2.78 bits per heavy atom. The molecular formula is C14H23N3S. The summed E-state index contributed by atoms with van der Waals surface area (Å²) in [4.78, 5) is 8.72. The molecule has 0 bridgehead atoms. The fraction of sp³-hybridized carbons (Fsp3) is 0.786. The van der Waals surface area contributed by atoms with E-state index in [-0.39, 0.29) is 0 Å². The number of hydrogen-bond acceptors (Lipinski definition) is 4. The van der Waals surface area contributed by atoms with Gasteiger partial charge in [-0.25, -0.2) is 4.98 Å². The Morgan fingerprint density at radius 1 is 1.22 bits per heavy atom. The van der Waals surface area contributed by atoms with Crippen LogP contribution in [0, 0.1) is 13.8 Å². The van der Waals surface area contributed by atoms with Gasteiger partial charge in [0.2, 0.25) is 0 Å². The van der Waals surface area contributed by atoms with E-state index < -0.39 is 0 Å². The molecule has 0 saturated carbocycles. The number of aromatic nitrogens is 1. The Labute approximate surface area is 114 Å². The summed E-state index contributed by atoms with van der Waals surface area (Å²) in [5.41, 5.74) is 1.21. The predicted molar refractivity (Wildman–Crippen MR) is 77.6 cm³/mol. The van der Waals surface area contributed by atoms with Crippen LogP contribution in [0.2, 0.25) is 0 Å². The van der Waals surface area contributed by atoms with Crippen molar-refractivity contribution in [2.45, 2.75) is 58.0 Å². The van der Waals surface area contributed by atoms with Crippen LogP contribution < -0.4 is 10.2 Å². The molecule has 100 valence electrons. The lowest BCUT2D eigenvalue weighted by molar-refractivity contribution is 0.378. The van der Waals surface area contributed by atoms with Crippen LogP contribution in [0.1, 0.15) is 42.7 Å². The van der Waals surface area contributed by atoms with E-state index in [2.05, 4.69) is 24.1 Å². The maximum absolute atomic E-state index is 4.77. The summed E-state index contributed by atoms with van der Waals surface area (Å²) in [5.74, 6) is 0. The Morgan fingerprint density at radius 2 is 2.11 bits per heavy atom. The minimum absolute atomic E-state index is 0.672. The average molecular weight is 265 g/mol. The number of nitrogens with one attached hydrogen (secondary N) is 1. The summed E-state index contributed by atoms with van der Waals surface area (Å²) in [7, 11) is 0. The van der Waals surface area contributed by atoms with Gasteiger partial charge in [-0.3, -0.25) is 0 Å². The maximum atomic E-state index is 4.77. The molecule has 0 aromatic carbocycles. The monoisotopic (exact) mass is 265 g/mol. The van der Waals surface area contributed by atoms with Gasteiger partial charge in [-0.2, -0.15) is 0 Å². The summed E-state index contributed by atoms with van der Waals surface area (Å²) >= 11 is 1.87. The van der Waals surface area contributed by atoms with Gasteiger partial charge in [-0.1, -0.05) is 0 Å². The normalized spacial score (nSPS) is 28.9. The van der Waals surface area contributed by atoms with Crippen LogP contribution in [-0.2, 0) is 0 Å². The van der Waals surface area contributed by atoms with E-state index >= 15 is 0 Å². The van der Waals surface area contributed by atoms with Gasteiger partial charge in [0.05, 0.1) is 5.69 Å². The molecule has 1 N–H and O–H groups in total. The number of hydrogen-bond donors (Lipinski definition) is 1. The Kier molecular flexibility index (Phi) is 3.57. The van der Waals surface area contributed by atoms with Crippen molar-refractivity contribution in [3.63, 3.8) is 0 Å². The van der Waals surface area contributed by atoms with Crippen molar-refractivity contribution in [3.05, 3.63) is 10.6 Å². The summed E-state index contributed by atoms with van der Waals surface area (Å²) in [5, 5.41) is 4.94. The Hall–Kier alpha value is -0.610. The zero-order valence-corrected chi connectivity index (χ0v) is 12.2. The molecule has 3 rings (SSSR count). The molecular weight excluding hydrogens is 242 g/mol. The summed E-state index contributed by atoms with van der Waals surface area (Å²) in [6.45, 7) is 6.70. The summed E-state index contributed by atoms with van der Waals surface area (Å²) in [6, 6.07) is 1.36. The van der Waals surface area contributed by atoms with Crippen LogP contribution >= 0.6 is 11.3 Å². The van der Waals surface area contributed by atoms with Crippen LogP contribution in [0.4, 0.5) is 5.13 Å². The molecule has 2 atom stereocenters. The molecule has 0 radical (unpaired) electrons. The lowest BCUT2D eigenvalue weighted by atomic mass is 9.95. The van der Waals surface area contributed by atoms with Crippen molar-refractivity contribution >= 4 is 16.5 Å². The first-order valence-corrected chi connectivity index (χ1v) is 8.01. The third-order valence-corrected chi connectivity index (χ3v) is 5.49. The van der Waals surface area contributed by atoms with Gasteiger partial charge in [0.15, 0.2) is 5.13 Å². The smallest absolute Gasteiger partial charge is 0.186 e. The number of thiazole rings is 1. The first-order valence-electron chi connectivity index (χ1n) is 7.20. The van der Waals surface area contributed by atoms with Crippen LogP contribution in [-0.4, -0.2) is 30.2 Å². The molecule has 0 spiro atoms. The van der Waals surface area contributed by atoms with Gasteiger partial charge >= 0.3 is 0 Å². The highest BCUT2D eigenvalue weighted by Gasteiger charge is 2.33. The quantitative estimate of drug-likeness (QED) is 0.891. The maximum Gasteiger partial charge on any atom is 0.186 e. The Balaban J connectivity index is 1.82. The van der Waals surface area contributed by atoms with Crippen LogP contribution in [0.5, 0.6) is 0 Å². The number of piperidine rings is 1. The van der Waals surface area contributed by atoms with Crippen LogP contribution in [0.15, 0.2) is 0 Å². The van der Waals surface area contributed by atoms with Gasteiger partial charge in [0, 0.05) is 23.5 Å². The van der Waals surface area contributed by atoms with E-state index in [4.69, 9.17) is 4.98 Å². The third kappa shape index (κ3) is 2.28. The van der Waals surface area contributed by atoms with Crippen LogP contribution in [0.25, 0.3) is 0 Å². The predicted octanol–water partition coefficient (Wildman–Crippen LogP) is 2.87. The topological polar surface area (TPSA) is 28.2 Å². The molecule has 2 fully saturated rings. The zero-order chi connectivity index (χ0) is 12.5. The van der Waals surface area contributed by atoms with Crippen LogP contribution in [0.3, 0.4) is 0 Å². The average Bonchev–Trinajstić information content (AvgIpc) is 3.01. The molecule has 18 heavy (non-hydrogen) atoms. The van der Waals surface area contributed by atoms with Gasteiger partial charge in [-0.05, 0) is 52.5 Å². The molecule has 2 unspecified atom stereocenters. The van der Waals surface area contributed by atoms with E-state index in [1.54, 1.807) is 0 Å². The first kappa shape index (κ1) is 12.4. The van der Waals surface area contributed by atoms with E-state index in [1.165, 1.54) is 60.9 Å². The van der Waals surface area contributed by atoms with E-state index in [1.807, 2.05) is 11.3 Å². The molecule has 2 aliphatic rings. The largest absolute Gasteiger partial charge is 0.344 e. The van der Waals surface area contributed by atoms with Crippen molar-refractivity contribution in [2.75, 3.05) is 18.0 Å². The number of aryl methyl sites for hydroxylation is 2. The molecule has 3 heterocycles. The second-order valence-corrected chi connectivity index (χ2v) is 6.78. The lowest BCUT2D eigenvalue weighted by Gasteiger charge is -2.39. The third-order valence-electron chi connectivity index (χ3n) is 4.38. The van der Waals surface area contributed by atoms with Crippen molar-refractivity contribution in [3.8, 4) is 0 Å². The second-order valence-electron chi connectivity index (χ2n) is 5.60. The van der Waals surface area contributed by atoms with Gasteiger partial charge in [0.1, 0.15) is 0 Å². The first-order chi connectivity index (χ1) is 8.75. The number of anilines is 1. The van der Waals surface area contributed by atoms with Gasteiger partial charge < -0.3 is 10.2 Å². The highest BCUT2D eigenvalue weighted by Crippen LogP contribution is 2.33. The minimum Gasteiger partial charge on any atom is -0.344 e. The molecule has 3 nitrogen and oxygen atoms in total. The molecule has 4 heteroatoms. The molecule has 0 amide bonds. The number of nitrogens with zero attached hydrogens (tertiary/aromatic N) is 2. The molecule has 2 aliphatic heterocycles. The second kappa shape index (κ2) is 5.17. The fourth-order valence-corrected chi connectivity index (χ4v) is 4.23. The van der Waals surface area contributed by atoms with Crippen molar-refractivity contribution in [1.82, 2.24) is 10.3 Å². The van der Waals surface area contributed by atoms with Crippen molar-refractivity contribution < 1.29 is 0 Å². The highest BCUT2D eigenvalue weighted by molar-refractivity contribution is 7.15. The molecule has 2 saturated heterocycles. The molecule has 1 aromatic rings. The minimum atomic E-state index is 0.672. The van der Waals surface area contributed by atoms with Crippen molar-refractivity contribution in [1.29, 1.82) is 0 Å². The van der Waals surface area contributed by atoms with Gasteiger partial charge in [-0.15, -0.1) is 11.3 Å². The lowest BCUT2D eigenvalue weighted by Crippen LogP contribution is -2.50. The number of rotatable bonds is 2. The van der Waals surface area contributed by atoms with E-state index in [9.17, 15) is 0 Å². The van der Waals surface area contributed by atoms with E-state index in [0.29, 0.717) is 12.1 Å². The standard InChI is InChI=1S/C14H23N3S/c1-10-11(2)18-14(16-10)17-9-4-3-7-13(17)12-6-5-8-15-12/h12-13,15H,3-9H2,1-2H3. The molecule has 1 aromatic heterocycles. The summed E-state index contributed by atoms with van der Waals surface area (Å²) < 4.78 is 0. The SMILES string of the molecule is Cc1nc(N2CCCCC2C2CCCN2)sc1C. The van der Waals surface area contributed by atoms with Crippen molar-refractivity contribution in [2.24, 2.45) is 0 Å². The Bertz CT molecular complexity index is 390. The van der Waals surface area contributed by atoms with Gasteiger partial charge in [0.25, 0.3) is 0 Å². The highest BCUT2D eigenvalue weighted by atomic mass is 32.1. The fourth-order valence-electron chi connectivity index (χ4n) is 3.23. The summed E-state index contributed by atoms with van der Waals surface area (Å²) in [6.07, 6.45) is 6.70. The molecule has 0 aliphatic carbocycles.